The highest BCUT2D eigenvalue weighted by Gasteiger charge is 2.29. The molecule has 1 aliphatic heterocycles. The van der Waals surface area contributed by atoms with Crippen LogP contribution in [0.5, 0.6) is 0 Å². The Morgan fingerprint density at radius 3 is 2.67 bits per heavy atom. The zero-order valence-corrected chi connectivity index (χ0v) is 14.5. The summed E-state index contributed by atoms with van der Waals surface area (Å²) in [6, 6.07) is -0.279. The molecule has 1 aliphatic rings. The Labute approximate surface area is 142 Å². The van der Waals surface area contributed by atoms with Crippen LogP contribution in [0.4, 0.5) is 0 Å². The minimum atomic E-state index is -0.471. The Hall–Kier alpha value is -1.99. The van der Waals surface area contributed by atoms with Gasteiger partial charge in [0, 0.05) is 19.4 Å². The SMILES string of the molecule is CC(=O)O[C@@H](C)C=CC(=O)N[C@@H]1CO[C@H](CC=C(C)C=O)O[C@@H]1C. The predicted octanol–water partition coefficient (Wildman–Crippen LogP) is 1.28. The average Bonchev–Trinajstić information content (AvgIpc) is 2.52. The largest absolute Gasteiger partial charge is 0.459 e. The zero-order chi connectivity index (χ0) is 18.1. The fourth-order valence-corrected chi connectivity index (χ4v) is 2.09. The van der Waals surface area contributed by atoms with E-state index in [1.54, 1.807) is 19.9 Å². The molecule has 7 heteroatoms. The first kappa shape index (κ1) is 20.1. The van der Waals surface area contributed by atoms with Crippen molar-refractivity contribution >= 4 is 18.2 Å². The number of carbonyl (C=O) groups is 3. The lowest BCUT2D eigenvalue weighted by molar-refractivity contribution is -0.217. The lowest BCUT2D eigenvalue weighted by Crippen LogP contribution is -2.51. The molecule has 0 aliphatic carbocycles. The molecule has 1 heterocycles. The van der Waals surface area contributed by atoms with Gasteiger partial charge < -0.3 is 19.5 Å². The van der Waals surface area contributed by atoms with Crippen LogP contribution in [-0.4, -0.2) is 49.3 Å². The molecule has 0 aromatic heterocycles. The van der Waals surface area contributed by atoms with Crippen molar-refractivity contribution in [2.45, 2.75) is 58.7 Å². The second kappa shape index (κ2) is 10.00. The highest BCUT2D eigenvalue weighted by Crippen LogP contribution is 2.16. The van der Waals surface area contributed by atoms with Gasteiger partial charge in [-0.05, 0) is 32.4 Å². The number of amides is 1. The van der Waals surface area contributed by atoms with Crippen molar-refractivity contribution in [3.63, 3.8) is 0 Å². The number of carbonyl (C=O) groups excluding carboxylic acids is 3. The van der Waals surface area contributed by atoms with Crippen molar-refractivity contribution in [3.05, 3.63) is 23.8 Å². The van der Waals surface area contributed by atoms with Crippen LogP contribution in [0.15, 0.2) is 23.8 Å². The van der Waals surface area contributed by atoms with E-state index in [-0.39, 0.29) is 18.1 Å². The predicted molar refractivity (Wildman–Crippen MR) is 87.0 cm³/mol. The van der Waals surface area contributed by atoms with Crippen LogP contribution in [-0.2, 0) is 28.6 Å². The number of nitrogens with one attached hydrogen (secondary N) is 1. The summed E-state index contributed by atoms with van der Waals surface area (Å²) < 4.78 is 16.1. The van der Waals surface area contributed by atoms with Gasteiger partial charge in [-0.3, -0.25) is 14.4 Å². The number of aldehydes is 1. The summed E-state index contributed by atoms with van der Waals surface area (Å²) in [6.45, 7) is 6.86. The van der Waals surface area contributed by atoms with Gasteiger partial charge in [-0.15, -0.1) is 0 Å². The summed E-state index contributed by atoms with van der Waals surface area (Å²) in [5.41, 5.74) is 0.623. The first-order chi connectivity index (χ1) is 11.3. The fourth-order valence-electron chi connectivity index (χ4n) is 2.09. The van der Waals surface area contributed by atoms with E-state index in [1.807, 2.05) is 6.92 Å². The summed E-state index contributed by atoms with van der Waals surface area (Å²) in [5.74, 6) is -0.714. The van der Waals surface area contributed by atoms with Gasteiger partial charge in [-0.25, -0.2) is 0 Å². The maximum absolute atomic E-state index is 11.9. The molecule has 1 saturated heterocycles. The monoisotopic (exact) mass is 339 g/mol. The minimum Gasteiger partial charge on any atom is -0.459 e. The molecular formula is C17H25NO6. The number of hydrogen-bond donors (Lipinski definition) is 1. The number of esters is 1. The topological polar surface area (TPSA) is 90.9 Å². The van der Waals surface area contributed by atoms with Crippen molar-refractivity contribution in [1.29, 1.82) is 0 Å². The van der Waals surface area contributed by atoms with Crippen molar-refractivity contribution in [3.8, 4) is 0 Å². The van der Waals surface area contributed by atoms with Gasteiger partial charge in [0.25, 0.3) is 0 Å². The molecule has 4 atom stereocenters. The molecule has 7 nitrogen and oxygen atoms in total. The summed E-state index contributed by atoms with van der Waals surface area (Å²) in [6.07, 6.45) is 4.71. The Kier molecular flexibility index (Phi) is 8.35. The van der Waals surface area contributed by atoms with Crippen LogP contribution in [0.2, 0.25) is 0 Å². The molecule has 24 heavy (non-hydrogen) atoms. The molecule has 134 valence electrons. The van der Waals surface area contributed by atoms with Gasteiger partial charge in [0.15, 0.2) is 6.29 Å². The normalized spacial score (nSPS) is 26.0. The molecule has 0 unspecified atom stereocenters. The quantitative estimate of drug-likeness (QED) is 0.427. The second-order valence-corrected chi connectivity index (χ2v) is 5.69. The van der Waals surface area contributed by atoms with E-state index in [1.165, 1.54) is 19.1 Å². The van der Waals surface area contributed by atoms with Crippen LogP contribution >= 0.6 is 0 Å². The molecule has 1 rings (SSSR count). The maximum Gasteiger partial charge on any atom is 0.303 e. The molecule has 1 fully saturated rings. The first-order valence-electron chi connectivity index (χ1n) is 7.86. The van der Waals surface area contributed by atoms with Gasteiger partial charge >= 0.3 is 5.97 Å². The number of hydrogen-bond acceptors (Lipinski definition) is 6. The molecule has 0 spiro atoms. The third-order valence-corrected chi connectivity index (χ3v) is 3.41. The van der Waals surface area contributed by atoms with Crippen LogP contribution in [0.3, 0.4) is 0 Å². The van der Waals surface area contributed by atoms with Gasteiger partial charge in [-0.2, -0.15) is 0 Å². The van der Waals surface area contributed by atoms with Crippen molar-refractivity contribution in [2.75, 3.05) is 6.61 Å². The molecule has 0 bridgehead atoms. The lowest BCUT2D eigenvalue weighted by atomic mass is 10.1. The third-order valence-electron chi connectivity index (χ3n) is 3.41. The minimum absolute atomic E-state index is 0.225. The van der Waals surface area contributed by atoms with E-state index in [4.69, 9.17) is 14.2 Å². The number of allylic oxidation sites excluding steroid dienone is 1. The number of ether oxygens (including phenoxy) is 3. The molecule has 0 saturated carbocycles. The highest BCUT2D eigenvalue weighted by atomic mass is 16.7. The highest BCUT2D eigenvalue weighted by molar-refractivity contribution is 5.87. The summed E-state index contributed by atoms with van der Waals surface area (Å²) in [4.78, 5) is 33.2. The van der Waals surface area contributed by atoms with Gasteiger partial charge in [0.05, 0.1) is 18.8 Å². The summed E-state index contributed by atoms with van der Waals surface area (Å²) >= 11 is 0. The fraction of sp³-hybridized carbons (Fsp3) is 0.588. The Morgan fingerprint density at radius 2 is 2.08 bits per heavy atom. The maximum atomic E-state index is 11.9. The second-order valence-electron chi connectivity index (χ2n) is 5.69. The van der Waals surface area contributed by atoms with Crippen LogP contribution in [0, 0.1) is 0 Å². The molecule has 1 N–H and O–H groups in total. The van der Waals surface area contributed by atoms with Crippen LogP contribution < -0.4 is 5.32 Å². The van der Waals surface area contributed by atoms with E-state index in [0.29, 0.717) is 18.6 Å². The first-order valence-corrected chi connectivity index (χ1v) is 7.86. The Bertz CT molecular complexity index is 513. The lowest BCUT2D eigenvalue weighted by Gasteiger charge is -2.34. The summed E-state index contributed by atoms with van der Waals surface area (Å²) in [7, 11) is 0. The smallest absolute Gasteiger partial charge is 0.303 e. The third kappa shape index (κ3) is 7.52. The zero-order valence-electron chi connectivity index (χ0n) is 14.5. The Balaban J connectivity index is 2.42. The van der Waals surface area contributed by atoms with E-state index in [9.17, 15) is 14.4 Å². The van der Waals surface area contributed by atoms with Crippen molar-refractivity contribution in [1.82, 2.24) is 5.32 Å². The van der Waals surface area contributed by atoms with Crippen molar-refractivity contribution < 1.29 is 28.6 Å². The van der Waals surface area contributed by atoms with E-state index >= 15 is 0 Å². The molecule has 0 aromatic rings. The molecular weight excluding hydrogens is 314 g/mol. The average molecular weight is 339 g/mol. The van der Waals surface area contributed by atoms with Crippen LogP contribution in [0.1, 0.15) is 34.1 Å². The van der Waals surface area contributed by atoms with Crippen LogP contribution in [0.25, 0.3) is 0 Å². The van der Waals surface area contributed by atoms with Gasteiger partial charge in [0.1, 0.15) is 12.4 Å². The Morgan fingerprint density at radius 1 is 1.38 bits per heavy atom. The summed E-state index contributed by atoms with van der Waals surface area (Å²) in [5, 5.41) is 2.79. The van der Waals surface area contributed by atoms with Crippen molar-refractivity contribution in [2.24, 2.45) is 0 Å². The number of rotatable bonds is 7. The molecule has 1 amide bonds. The molecule has 0 radical (unpaired) electrons. The van der Waals surface area contributed by atoms with E-state index in [2.05, 4.69) is 5.32 Å². The standard InChI is InChI=1S/C17H25NO6/c1-11(9-19)5-8-17-22-10-15(13(3)24-17)18-16(21)7-6-12(2)23-14(4)20/h5-7,9,12-13,15,17H,8,10H2,1-4H3,(H,18,21)/t12-,13+,15+,17-/m0/s1. The van der Waals surface area contributed by atoms with Gasteiger partial charge in [0.2, 0.25) is 5.91 Å². The van der Waals surface area contributed by atoms with E-state index in [0.717, 1.165) is 6.29 Å². The van der Waals surface area contributed by atoms with Gasteiger partial charge in [-0.1, -0.05) is 6.08 Å². The van der Waals surface area contributed by atoms with E-state index < -0.39 is 18.4 Å². The molecule has 0 aromatic carbocycles.